The van der Waals surface area contributed by atoms with Gasteiger partial charge in [0.15, 0.2) is 0 Å². The van der Waals surface area contributed by atoms with Crippen LogP contribution in [-0.2, 0) is 9.59 Å². The highest BCUT2D eigenvalue weighted by Crippen LogP contribution is 2.31. The summed E-state index contributed by atoms with van der Waals surface area (Å²) in [6.45, 7) is 4.70. The molecule has 2 atom stereocenters. The van der Waals surface area contributed by atoms with Gasteiger partial charge in [-0.25, -0.2) is 0 Å². The van der Waals surface area contributed by atoms with E-state index in [0.29, 0.717) is 0 Å². The van der Waals surface area contributed by atoms with Crippen molar-refractivity contribution in [2.24, 2.45) is 5.92 Å². The van der Waals surface area contributed by atoms with E-state index in [2.05, 4.69) is 25.6 Å². The molecule has 0 aromatic rings. The molecule has 1 saturated heterocycles. The molecule has 0 aromatic carbocycles. The second-order valence-electron chi connectivity index (χ2n) is 3.37. The van der Waals surface area contributed by atoms with Crippen molar-refractivity contribution >= 4 is 17.9 Å². The van der Waals surface area contributed by atoms with Gasteiger partial charge in [-0.05, 0) is 24.5 Å². The zero-order valence-electron chi connectivity index (χ0n) is 8.41. The minimum Gasteiger partial charge on any atom is -0.186 e. The summed E-state index contributed by atoms with van der Waals surface area (Å²) in [6.07, 6.45) is 6.01. The highest BCUT2D eigenvalue weighted by atomic mass is 32.2. The van der Waals surface area contributed by atoms with Crippen LogP contribution in [0.3, 0.4) is 0 Å². The molecule has 1 heterocycles. The predicted molar refractivity (Wildman–Crippen MR) is 54.6 cm³/mol. The van der Waals surface area contributed by atoms with Crippen LogP contribution in [0.15, 0.2) is 0 Å². The molecule has 1 aliphatic heterocycles. The van der Waals surface area contributed by atoms with Crippen molar-refractivity contribution in [2.75, 3.05) is 5.75 Å². The Morgan fingerprint density at radius 1 is 1.46 bits per heavy atom. The Balaban J connectivity index is 0.000000424. The van der Waals surface area contributed by atoms with Crippen LogP contribution in [0.1, 0.15) is 39.5 Å². The van der Waals surface area contributed by atoms with Gasteiger partial charge >= 0.3 is 6.15 Å². The van der Waals surface area contributed by atoms with Gasteiger partial charge in [0.25, 0.3) is 0 Å². The summed E-state index contributed by atoms with van der Waals surface area (Å²) in [5, 5.41) is 0.985. The van der Waals surface area contributed by atoms with Crippen molar-refractivity contribution in [3.63, 3.8) is 0 Å². The van der Waals surface area contributed by atoms with Crippen LogP contribution in [-0.4, -0.2) is 17.2 Å². The Bertz CT molecular complexity index is 147. The van der Waals surface area contributed by atoms with Crippen molar-refractivity contribution in [3.8, 4) is 0 Å². The predicted octanol–water partition coefficient (Wildman–Crippen LogP) is 2.73. The molecule has 0 aliphatic carbocycles. The van der Waals surface area contributed by atoms with Crippen LogP contribution in [0.25, 0.3) is 0 Å². The number of carbonyl (C=O) groups excluding carboxylic acids is 2. The summed E-state index contributed by atoms with van der Waals surface area (Å²) < 4.78 is 0. The maximum Gasteiger partial charge on any atom is 0.373 e. The standard InChI is InChI=1S/C9H18S.CO2/c1-3-8(2)9-6-4-5-7-10-9;2-1-3/h8-9H,3-7H2,1-2H3;. The molecule has 2 unspecified atom stereocenters. The van der Waals surface area contributed by atoms with Gasteiger partial charge in [-0.2, -0.15) is 21.4 Å². The molecular formula is C10H18O2S. The first-order valence-electron chi connectivity index (χ1n) is 4.87. The third-order valence-corrected chi connectivity index (χ3v) is 4.15. The van der Waals surface area contributed by atoms with Gasteiger partial charge in [0.05, 0.1) is 0 Å². The normalized spacial score (nSPS) is 23.7. The van der Waals surface area contributed by atoms with Crippen LogP contribution in [0.5, 0.6) is 0 Å². The first-order valence-corrected chi connectivity index (χ1v) is 5.92. The largest absolute Gasteiger partial charge is 0.373 e. The van der Waals surface area contributed by atoms with Crippen LogP contribution in [0.4, 0.5) is 0 Å². The number of thioether (sulfide) groups is 1. The third-order valence-electron chi connectivity index (χ3n) is 2.49. The zero-order chi connectivity index (χ0) is 10.1. The Kier molecular flexibility index (Phi) is 8.16. The smallest absolute Gasteiger partial charge is 0.186 e. The van der Waals surface area contributed by atoms with Crippen molar-refractivity contribution in [3.05, 3.63) is 0 Å². The van der Waals surface area contributed by atoms with E-state index in [1.165, 1.54) is 31.4 Å². The summed E-state index contributed by atoms with van der Waals surface area (Å²) in [4.78, 5) is 16.2. The lowest BCUT2D eigenvalue weighted by Crippen LogP contribution is -2.17. The van der Waals surface area contributed by atoms with Gasteiger partial charge in [0.1, 0.15) is 0 Å². The first kappa shape index (κ1) is 12.7. The quantitative estimate of drug-likeness (QED) is 0.690. The zero-order valence-corrected chi connectivity index (χ0v) is 9.23. The van der Waals surface area contributed by atoms with Crippen LogP contribution in [0.2, 0.25) is 0 Å². The third kappa shape index (κ3) is 5.89. The number of hydrogen-bond donors (Lipinski definition) is 0. The van der Waals surface area contributed by atoms with E-state index in [9.17, 15) is 0 Å². The highest BCUT2D eigenvalue weighted by Gasteiger charge is 2.18. The molecule has 1 rings (SSSR count). The summed E-state index contributed by atoms with van der Waals surface area (Å²) in [5.74, 6) is 2.36. The van der Waals surface area contributed by atoms with Crippen LogP contribution < -0.4 is 0 Å². The van der Waals surface area contributed by atoms with E-state index in [0.717, 1.165) is 11.2 Å². The summed E-state index contributed by atoms with van der Waals surface area (Å²) >= 11 is 2.20. The molecule has 0 radical (unpaired) electrons. The van der Waals surface area contributed by atoms with Gasteiger partial charge in [0, 0.05) is 5.25 Å². The van der Waals surface area contributed by atoms with Gasteiger partial charge in [-0.1, -0.05) is 26.7 Å². The Morgan fingerprint density at radius 3 is 2.46 bits per heavy atom. The molecule has 1 aliphatic rings. The summed E-state index contributed by atoms with van der Waals surface area (Å²) in [5.41, 5.74) is 0. The molecule has 76 valence electrons. The second-order valence-corrected chi connectivity index (χ2v) is 4.72. The van der Waals surface area contributed by atoms with Gasteiger partial charge in [-0.15, -0.1) is 0 Å². The maximum atomic E-state index is 8.12. The molecule has 2 nitrogen and oxygen atoms in total. The highest BCUT2D eigenvalue weighted by molar-refractivity contribution is 7.99. The van der Waals surface area contributed by atoms with Crippen molar-refractivity contribution < 1.29 is 9.59 Å². The number of rotatable bonds is 2. The molecular weight excluding hydrogens is 184 g/mol. The van der Waals surface area contributed by atoms with Gasteiger partial charge in [-0.3, -0.25) is 0 Å². The van der Waals surface area contributed by atoms with Gasteiger partial charge in [0.2, 0.25) is 0 Å². The van der Waals surface area contributed by atoms with E-state index in [4.69, 9.17) is 9.59 Å². The molecule has 0 N–H and O–H groups in total. The minimum absolute atomic E-state index is 0.250. The molecule has 0 spiro atoms. The van der Waals surface area contributed by atoms with E-state index in [1.54, 1.807) is 0 Å². The fourth-order valence-electron chi connectivity index (χ4n) is 1.48. The van der Waals surface area contributed by atoms with Crippen molar-refractivity contribution in [2.45, 2.75) is 44.8 Å². The second kappa shape index (κ2) is 8.33. The Hall–Kier alpha value is -0.270. The van der Waals surface area contributed by atoms with Crippen LogP contribution >= 0.6 is 11.8 Å². The molecule has 0 amide bonds. The molecule has 1 fully saturated rings. The average Bonchev–Trinajstić information content (AvgIpc) is 2.19. The van der Waals surface area contributed by atoms with Crippen molar-refractivity contribution in [1.82, 2.24) is 0 Å². The SMILES string of the molecule is CCC(C)C1CCCCS1.O=C=O. The van der Waals surface area contributed by atoms with E-state index in [1.807, 2.05) is 0 Å². The van der Waals surface area contributed by atoms with E-state index in [-0.39, 0.29) is 6.15 Å². The topological polar surface area (TPSA) is 34.1 Å². The molecule has 13 heavy (non-hydrogen) atoms. The lowest BCUT2D eigenvalue weighted by Gasteiger charge is -2.26. The molecule has 3 heteroatoms. The minimum atomic E-state index is 0.250. The lowest BCUT2D eigenvalue weighted by atomic mass is 10.00. The first-order chi connectivity index (χ1) is 6.26. The van der Waals surface area contributed by atoms with E-state index >= 15 is 0 Å². The number of hydrogen-bond acceptors (Lipinski definition) is 3. The average molecular weight is 202 g/mol. The Labute approximate surface area is 84.5 Å². The maximum absolute atomic E-state index is 8.12. The van der Waals surface area contributed by atoms with Crippen LogP contribution in [0, 0.1) is 5.92 Å². The fraction of sp³-hybridized carbons (Fsp3) is 0.900. The van der Waals surface area contributed by atoms with E-state index < -0.39 is 0 Å². The van der Waals surface area contributed by atoms with Crippen molar-refractivity contribution in [1.29, 1.82) is 0 Å². The molecule has 0 aromatic heterocycles. The molecule has 0 bridgehead atoms. The fourth-order valence-corrected chi connectivity index (χ4v) is 3.01. The van der Waals surface area contributed by atoms with Gasteiger partial charge < -0.3 is 0 Å². The monoisotopic (exact) mass is 202 g/mol. The molecule has 0 saturated carbocycles. The Morgan fingerprint density at radius 2 is 2.08 bits per heavy atom. The summed E-state index contributed by atoms with van der Waals surface area (Å²) in [6, 6.07) is 0. The summed E-state index contributed by atoms with van der Waals surface area (Å²) in [7, 11) is 0. The lowest BCUT2D eigenvalue weighted by molar-refractivity contribution is -0.191.